The highest BCUT2D eigenvalue weighted by Crippen LogP contribution is 2.14. The first-order chi connectivity index (χ1) is 8.11. The van der Waals surface area contributed by atoms with E-state index in [9.17, 15) is 4.79 Å². The van der Waals surface area contributed by atoms with E-state index in [0.717, 1.165) is 0 Å². The maximum atomic E-state index is 11.4. The molecule has 90 valence electrons. The van der Waals surface area contributed by atoms with Crippen LogP contribution in [0, 0.1) is 6.92 Å². The van der Waals surface area contributed by atoms with Gasteiger partial charge in [0.05, 0.1) is 18.6 Å². The number of aryl methyl sites for hydroxylation is 1. The van der Waals surface area contributed by atoms with Crippen molar-refractivity contribution in [3.8, 4) is 0 Å². The Morgan fingerprint density at radius 3 is 3.00 bits per heavy atom. The molecule has 0 spiro atoms. The Labute approximate surface area is 97.6 Å². The molecular weight excluding hydrogens is 222 g/mol. The molecule has 2 aromatic rings. The number of fused-ring (bicyclic) bond motifs is 1. The predicted octanol–water partition coefficient (Wildman–Crippen LogP) is 0.280. The van der Waals surface area contributed by atoms with Gasteiger partial charge in [0.15, 0.2) is 5.65 Å². The maximum Gasteiger partial charge on any atom is 0.326 e. The van der Waals surface area contributed by atoms with Crippen LogP contribution in [-0.4, -0.2) is 32.1 Å². The van der Waals surface area contributed by atoms with Gasteiger partial charge in [-0.2, -0.15) is 4.98 Å². The first-order valence-electron chi connectivity index (χ1n) is 5.22. The van der Waals surface area contributed by atoms with Gasteiger partial charge in [0, 0.05) is 0 Å². The number of hydrogen-bond acceptors (Lipinski definition) is 6. The SMILES string of the molecule is CCOC(=O)Cn1cnc2c(C)nc(N)nc21. The zero-order valence-corrected chi connectivity index (χ0v) is 9.67. The second-order valence-corrected chi connectivity index (χ2v) is 3.52. The normalized spacial score (nSPS) is 10.7. The fourth-order valence-corrected chi connectivity index (χ4v) is 1.57. The predicted molar refractivity (Wildman–Crippen MR) is 61.1 cm³/mol. The fourth-order valence-electron chi connectivity index (χ4n) is 1.57. The number of carbonyl (C=O) groups excluding carboxylic acids is 1. The molecule has 2 heterocycles. The third-order valence-corrected chi connectivity index (χ3v) is 2.26. The molecule has 0 aliphatic rings. The molecule has 0 aliphatic heterocycles. The lowest BCUT2D eigenvalue weighted by Gasteiger charge is -2.04. The number of esters is 1. The number of nitrogen functional groups attached to an aromatic ring is 1. The Kier molecular flexibility index (Phi) is 2.90. The number of anilines is 1. The quantitative estimate of drug-likeness (QED) is 0.767. The lowest BCUT2D eigenvalue weighted by atomic mass is 10.4. The summed E-state index contributed by atoms with van der Waals surface area (Å²) in [5, 5.41) is 0. The number of carbonyl (C=O) groups is 1. The molecule has 0 saturated carbocycles. The first-order valence-corrected chi connectivity index (χ1v) is 5.22. The molecule has 0 amide bonds. The van der Waals surface area contributed by atoms with E-state index in [1.54, 1.807) is 18.4 Å². The minimum Gasteiger partial charge on any atom is -0.465 e. The van der Waals surface area contributed by atoms with Crippen LogP contribution in [0.4, 0.5) is 5.95 Å². The van der Waals surface area contributed by atoms with Gasteiger partial charge in [-0.25, -0.2) is 9.97 Å². The van der Waals surface area contributed by atoms with E-state index in [0.29, 0.717) is 23.5 Å². The van der Waals surface area contributed by atoms with Crippen molar-refractivity contribution in [2.45, 2.75) is 20.4 Å². The summed E-state index contributed by atoms with van der Waals surface area (Å²) in [7, 11) is 0. The molecule has 2 N–H and O–H groups in total. The van der Waals surface area contributed by atoms with E-state index < -0.39 is 0 Å². The van der Waals surface area contributed by atoms with Crippen molar-refractivity contribution in [1.29, 1.82) is 0 Å². The van der Waals surface area contributed by atoms with E-state index in [1.807, 2.05) is 0 Å². The van der Waals surface area contributed by atoms with Crippen LogP contribution in [-0.2, 0) is 16.1 Å². The van der Waals surface area contributed by atoms with Gasteiger partial charge in [-0.05, 0) is 13.8 Å². The lowest BCUT2D eigenvalue weighted by Crippen LogP contribution is -2.13. The Hall–Kier alpha value is -2.18. The van der Waals surface area contributed by atoms with E-state index in [2.05, 4.69) is 15.0 Å². The summed E-state index contributed by atoms with van der Waals surface area (Å²) in [4.78, 5) is 23.6. The molecule has 7 nitrogen and oxygen atoms in total. The minimum absolute atomic E-state index is 0.0697. The maximum absolute atomic E-state index is 11.4. The summed E-state index contributed by atoms with van der Waals surface area (Å²) in [5.41, 5.74) is 7.44. The number of imidazole rings is 1. The van der Waals surface area contributed by atoms with Crippen LogP contribution in [0.15, 0.2) is 6.33 Å². The first kappa shape index (κ1) is 11.3. The van der Waals surface area contributed by atoms with Gasteiger partial charge in [-0.1, -0.05) is 0 Å². The van der Waals surface area contributed by atoms with Crippen LogP contribution in [0.3, 0.4) is 0 Å². The Morgan fingerprint density at radius 2 is 2.29 bits per heavy atom. The van der Waals surface area contributed by atoms with Gasteiger partial charge in [-0.15, -0.1) is 0 Å². The summed E-state index contributed by atoms with van der Waals surface area (Å²) < 4.78 is 6.46. The number of rotatable bonds is 3. The van der Waals surface area contributed by atoms with Crippen LogP contribution < -0.4 is 5.73 Å². The van der Waals surface area contributed by atoms with Crippen molar-refractivity contribution < 1.29 is 9.53 Å². The molecular formula is C10H13N5O2. The van der Waals surface area contributed by atoms with Gasteiger partial charge in [0.25, 0.3) is 0 Å². The van der Waals surface area contributed by atoms with Crippen LogP contribution >= 0.6 is 0 Å². The van der Waals surface area contributed by atoms with Crippen LogP contribution in [0.2, 0.25) is 0 Å². The standard InChI is InChI=1S/C10H13N5O2/c1-3-17-7(16)4-15-5-12-8-6(2)13-10(11)14-9(8)15/h5H,3-4H2,1-2H3,(H2,11,13,14). The third-order valence-electron chi connectivity index (χ3n) is 2.26. The van der Waals surface area contributed by atoms with Crippen molar-refractivity contribution in [2.24, 2.45) is 0 Å². The van der Waals surface area contributed by atoms with Crippen molar-refractivity contribution in [3.05, 3.63) is 12.0 Å². The average Bonchev–Trinajstić information content (AvgIpc) is 2.62. The molecule has 0 aliphatic carbocycles. The minimum atomic E-state index is -0.332. The van der Waals surface area contributed by atoms with E-state index in [4.69, 9.17) is 10.5 Å². The van der Waals surface area contributed by atoms with Crippen LogP contribution in [0.25, 0.3) is 11.2 Å². The Balaban J connectivity index is 2.39. The number of hydrogen-bond donors (Lipinski definition) is 1. The molecule has 0 bridgehead atoms. The van der Waals surface area contributed by atoms with Gasteiger partial charge in [0.2, 0.25) is 5.95 Å². The van der Waals surface area contributed by atoms with Crippen molar-refractivity contribution in [3.63, 3.8) is 0 Å². The van der Waals surface area contributed by atoms with Gasteiger partial charge < -0.3 is 15.0 Å². The fraction of sp³-hybridized carbons (Fsp3) is 0.400. The second-order valence-electron chi connectivity index (χ2n) is 3.52. The van der Waals surface area contributed by atoms with Crippen LogP contribution in [0.1, 0.15) is 12.6 Å². The molecule has 0 saturated heterocycles. The Bertz CT molecular complexity index is 563. The number of nitrogens with zero attached hydrogens (tertiary/aromatic N) is 4. The molecule has 2 aromatic heterocycles. The zero-order chi connectivity index (χ0) is 12.4. The smallest absolute Gasteiger partial charge is 0.326 e. The third kappa shape index (κ3) is 2.17. The summed E-state index contributed by atoms with van der Waals surface area (Å²) >= 11 is 0. The molecule has 0 unspecified atom stereocenters. The van der Waals surface area contributed by atoms with E-state index >= 15 is 0 Å². The largest absolute Gasteiger partial charge is 0.465 e. The highest BCUT2D eigenvalue weighted by Gasteiger charge is 2.12. The highest BCUT2D eigenvalue weighted by molar-refractivity contribution is 5.77. The number of nitrogens with two attached hydrogens (primary N) is 1. The number of aromatic nitrogens is 4. The van der Waals surface area contributed by atoms with Crippen LogP contribution in [0.5, 0.6) is 0 Å². The van der Waals surface area contributed by atoms with Gasteiger partial charge in [-0.3, -0.25) is 4.79 Å². The highest BCUT2D eigenvalue weighted by atomic mass is 16.5. The van der Waals surface area contributed by atoms with E-state index in [-0.39, 0.29) is 18.5 Å². The Morgan fingerprint density at radius 1 is 1.53 bits per heavy atom. The van der Waals surface area contributed by atoms with Gasteiger partial charge in [0.1, 0.15) is 12.1 Å². The topological polar surface area (TPSA) is 95.9 Å². The molecule has 0 atom stereocenters. The lowest BCUT2D eigenvalue weighted by molar-refractivity contribution is -0.143. The summed E-state index contributed by atoms with van der Waals surface area (Å²) in [6.07, 6.45) is 1.53. The van der Waals surface area contributed by atoms with Crippen molar-refractivity contribution in [2.75, 3.05) is 12.3 Å². The van der Waals surface area contributed by atoms with E-state index in [1.165, 1.54) is 6.33 Å². The second kappa shape index (κ2) is 4.36. The zero-order valence-electron chi connectivity index (χ0n) is 9.67. The molecule has 2 rings (SSSR count). The number of ether oxygens (including phenoxy) is 1. The monoisotopic (exact) mass is 235 g/mol. The molecule has 0 fully saturated rings. The summed E-state index contributed by atoms with van der Waals surface area (Å²) in [6.45, 7) is 3.97. The average molecular weight is 235 g/mol. The molecule has 17 heavy (non-hydrogen) atoms. The van der Waals surface area contributed by atoms with Crippen molar-refractivity contribution >= 4 is 23.1 Å². The van der Waals surface area contributed by atoms with Crippen molar-refractivity contribution in [1.82, 2.24) is 19.5 Å². The van der Waals surface area contributed by atoms with Gasteiger partial charge >= 0.3 is 5.97 Å². The molecule has 0 aromatic carbocycles. The molecule has 7 heteroatoms. The summed E-state index contributed by atoms with van der Waals surface area (Å²) in [5.74, 6) is -0.165. The summed E-state index contributed by atoms with van der Waals surface area (Å²) in [6, 6.07) is 0. The molecule has 0 radical (unpaired) electrons.